The molecule has 0 spiro atoms. The van der Waals surface area contributed by atoms with Crippen LogP contribution in [0.3, 0.4) is 0 Å². The van der Waals surface area contributed by atoms with Crippen LogP contribution < -0.4 is 0 Å². The Morgan fingerprint density at radius 2 is 2.00 bits per heavy atom. The molecule has 0 saturated heterocycles. The molecule has 1 heteroatoms. The second-order valence-corrected chi connectivity index (χ2v) is 6.09. The first-order valence-corrected chi connectivity index (χ1v) is 6.84. The lowest BCUT2D eigenvalue weighted by Gasteiger charge is -2.44. The van der Waals surface area contributed by atoms with Crippen molar-refractivity contribution >= 4 is 0 Å². The Kier molecular flexibility index (Phi) is 3.46. The summed E-state index contributed by atoms with van der Waals surface area (Å²) in [5.41, 5.74) is 1.46. The summed E-state index contributed by atoms with van der Waals surface area (Å²) in [6.07, 6.45) is 5.11. The summed E-state index contributed by atoms with van der Waals surface area (Å²) in [4.78, 5) is 0. The molecule has 1 fully saturated rings. The Bertz CT molecular complexity index is 381. The molecule has 2 atom stereocenters. The maximum atomic E-state index is 10.1. The molecule has 94 valence electrons. The summed E-state index contributed by atoms with van der Waals surface area (Å²) in [5.74, 6) is 1.69. The highest BCUT2D eigenvalue weighted by molar-refractivity contribution is 5.37. The van der Waals surface area contributed by atoms with E-state index in [1.165, 1.54) is 25.7 Å². The van der Waals surface area contributed by atoms with Gasteiger partial charge in [-0.05, 0) is 41.7 Å². The zero-order valence-corrected chi connectivity index (χ0v) is 11.2. The molecule has 2 rings (SSSR count). The normalized spacial score (nSPS) is 27.9. The van der Waals surface area contributed by atoms with E-state index in [4.69, 9.17) is 0 Å². The van der Waals surface area contributed by atoms with Crippen molar-refractivity contribution < 1.29 is 5.11 Å². The van der Waals surface area contributed by atoms with Gasteiger partial charge in [0, 0.05) is 0 Å². The van der Waals surface area contributed by atoms with E-state index in [0.29, 0.717) is 23.0 Å². The van der Waals surface area contributed by atoms with Gasteiger partial charge < -0.3 is 5.11 Å². The largest absolute Gasteiger partial charge is 0.508 e. The first-order valence-electron chi connectivity index (χ1n) is 6.84. The van der Waals surface area contributed by atoms with Crippen LogP contribution in [0.5, 0.6) is 5.75 Å². The van der Waals surface area contributed by atoms with Crippen molar-refractivity contribution in [1.82, 2.24) is 0 Å². The maximum Gasteiger partial charge on any atom is 0.119 e. The number of phenolic OH excluding ortho intramolecular Hbond substituents is 1. The highest BCUT2D eigenvalue weighted by atomic mass is 16.3. The Balaban J connectivity index is 2.41. The third-order valence-corrected chi connectivity index (χ3v) is 4.51. The Morgan fingerprint density at radius 3 is 2.65 bits per heavy atom. The summed E-state index contributed by atoms with van der Waals surface area (Å²) in [6.45, 7) is 6.98. The van der Waals surface area contributed by atoms with E-state index in [2.05, 4.69) is 26.8 Å². The van der Waals surface area contributed by atoms with E-state index in [1.54, 1.807) is 0 Å². The molecule has 17 heavy (non-hydrogen) atoms. The number of para-hydroxylation sites is 1. The molecule has 1 aliphatic rings. The van der Waals surface area contributed by atoms with Crippen molar-refractivity contribution in [3.05, 3.63) is 29.8 Å². The molecule has 0 radical (unpaired) electrons. The smallest absolute Gasteiger partial charge is 0.119 e. The average molecular weight is 232 g/mol. The van der Waals surface area contributed by atoms with E-state index in [9.17, 15) is 5.11 Å². The Hall–Kier alpha value is -0.980. The molecule has 1 aromatic carbocycles. The number of hydrogen-bond acceptors (Lipinski definition) is 1. The molecule has 0 amide bonds. The molecule has 1 aliphatic carbocycles. The van der Waals surface area contributed by atoms with Crippen LogP contribution in [0.2, 0.25) is 0 Å². The molecule has 1 N–H and O–H groups in total. The van der Waals surface area contributed by atoms with Crippen molar-refractivity contribution in [3.63, 3.8) is 0 Å². The zero-order valence-electron chi connectivity index (χ0n) is 11.2. The van der Waals surface area contributed by atoms with Crippen molar-refractivity contribution in [2.75, 3.05) is 0 Å². The summed E-state index contributed by atoms with van der Waals surface area (Å²) >= 11 is 0. The van der Waals surface area contributed by atoms with Gasteiger partial charge in [0.2, 0.25) is 0 Å². The summed E-state index contributed by atoms with van der Waals surface area (Å²) in [5, 5.41) is 10.1. The van der Waals surface area contributed by atoms with Gasteiger partial charge in [-0.25, -0.2) is 0 Å². The predicted octanol–water partition coefficient (Wildman–Crippen LogP) is 4.71. The topological polar surface area (TPSA) is 20.2 Å². The lowest BCUT2D eigenvalue weighted by atomic mass is 9.60. The number of phenols is 1. The van der Waals surface area contributed by atoms with E-state index in [0.717, 1.165) is 5.56 Å². The second kappa shape index (κ2) is 4.72. The standard InChI is InChI=1S/C16H24O/c1-4-12-8-7-11-16(2,3)15(12)13-9-5-6-10-14(13)17/h5-6,9-10,12,15,17H,4,7-8,11H2,1-3H3. The van der Waals surface area contributed by atoms with Gasteiger partial charge in [0.15, 0.2) is 0 Å². The lowest BCUT2D eigenvalue weighted by Crippen LogP contribution is -2.32. The fourth-order valence-electron chi connectivity index (χ4n) is 3.65. The van der Waals surface area contributed by atoms with Crippen LogP contribution in [0.15, 0.2) is 24.3 Å². The number of benzene rings is 1. The van der Waals surface area contributed by atoms with Gasteiger partial charge in [0.1, 0.15) is 5.75 Å². The van der Waals surface area contributed by atoms with E-state index in [-0.39, 0.29) is 0 Å². The molecule has 0 aromatic heterocycles. The Labute approximate surface area is 105 Å². The highest BCUT2D eigenvalue weighted by Gasteiger charge is 2.39. The fourth-order valence-corrected chi connectivity index (χ4v) is 3.65. The van der Waals surface area contributed by atoms with Crippen molar-refractivity contribution in [2.45, 2.75) is 52.4 Å². The summed E-state index contributed by atoms with van der Waals surface area (Å²) < 4.78 is 0. The first-order chi connectivity index (χ1) is 8.06. The molecule has 2 unspecified atom stereocenters. The molecule has 1 saturated carbocycles. The quantitative estimate of drug-likeness (QED) is 0.782. The van der Waals surface area contributed by atoms with Crippen molar-refractivity contribution in [2.24, 2.45) is 11.3 Å². The van der Waals surface area contributed by atoms with Gasteiger partial charge in [-0.3, -0.25) is 0 Å². The van der Waals surface area contributed by atoms with Crippen molar-refractivity contribution in [3.8, 4) is 5.75 Å². The number of aromatic hydroxyl groups is 1. The highest BCUT2D eigenvalue weighted by Crippen LogP contribution is 2.52. The second-order valence-electron chi connectivity index (χ2n) is 6.09. The van der Waals surface area contributed by atoms with Gasteiger partial charge in [0.05, 0.1) is 0 Å². The van der Waals surface area contributed by atoms with Crippen LogP contribution in [0.25, 0.3) is 0 Å². The monoisotopic (exact) mass is 232 g/mol. The van der Waals surface area contributed by atoms with Gasteiger partial charge in [-0.2, -0.15) is 0 Å². The molecule has 0 bridgehead atoms. The first kappa shape index (κ1) is 12.5. The number of rotatable bonds is 2. The van der Waals surface area contributed by atoms with Gasteiger partial charge >= 0.3 is 0 Å². The molecular weight excluding hydrogens is 208 g/mol. The van der Waals surface area contributed by atoms with Crippen LogP contribution >= 0.6 is 0 Å². The minimum atomic E-state index is 0.303. The summed E-state index contributed by atoms with van der Waals surface area (Å²) in [7, 11) is 0. The maximum absolute atomic E-state index is 10.1. The molecule has 1 aromatic rings. The third-order valence-electron chi connectivity index (χ3n) is 4.51. The van der Waals surface area contributed by atoms with Crippen LogP contribution in [-0.2, 0) is 0 Å². The van der Waals surface area contributed by atoms with Crippen LogP contribution in [0.4, 0.5) is 0 Å². The van der Waals surface area contributed by atoms with Crippen molar-refractivity contribution in [1.29, 1.82) is 0 Å². The third kappa shape index (κ3) is 2.34. The van der Waals surface area contributed by atoms with Crippen LogP contribution in [0, 0.1) is 11.3 Å². The van der Waals surface area contributed by atoms with Gasteiger partial charge in [-0.1, -0.05) is 51.8 Å². The molecule has 0 aliphatic heterocycles. The number of hydrogen-bond donors (Lipinski definition) is 1. The minimum absolute atomic E-state index is 0.303. The SMILES string of the molecule is CCC1CCCC(C)(C)C1c1ccccc1O. The predicted molar refractivity (Wildman–Crippen MR) is 72.3 cm³/mol. The fraction of sp³-hybridized carbons (Fsp3) is 0.625. The van der Waals surface area contributed by atoms with E-state index >= 15 is 0 Å². The van der Waals surface area contributed by atoms with Gasteiger partial charge in [0.25, 0.3) is 0 Å². The zero-order chi connectivity index (χ0) is 12.5. The minimum Gasteiger partial charge on any atom is -0.508 e. The average Bonchev–Trinajstić information content (AvgIpc) is 2.29. The van der Waals surface area contributed by atoms with E-state index < -0.39 is 0 Å². The van der Waals surface area contributed by atoms with Crippen LogP contribution in [-0.4, -0.2) is 5.11 Å². The lowest BCUT2D eigenvalue weighted by molar-refractivity contribution is 0.130. The molecule has 0 heterocycles. The molecule has 1 nitrogen and oxygen atoms in total. The van der Waals surface area contributed by atoms with E-state index in [1.807, 2.05) is 18.2 Å². The van der Waals surface area contributed by atoms with Crippen LogP contribution in [0.1, 0.15) is 57.9 Å². The molecular formula is C16H24O. The Morgan fingerprint density at radius 1 is 1.29 bits per heavy atom. The van der Waals surface area contributed by atoms with Gasteiger partial charge in [-0.15, -0.1) is 0 Å². The summed E-state index contributed by atoms with van der Waals surface area (Å²) in [6, 6.07) is 7.89.